The minimum atomic E-state index is -1.12. The van der Waals surface area contributed by atoms with Gasteiger partial charge in [0, 0.05) is 0 Å². The molecule has 1 aromatic rings. The number of esters is 1. The molecule has 4 heteroatoms. The number of aromatic carboxylic acids is 1. The van der Waals surface area contributed by atoms with Crippen LogP contribution in [-0.2, 0) is 4.74 Å². The lowest BCUT2D eigenvalue weighted by molar-refractivity contribution is 0.0475. The van der Waals surface area contributed by atoms with Crippen molar-refractivity contribution in [3.8, 4) is 0 Å². The zero-order valence-corrected chi connectivity index (χ0v) is 10.7. The highest BCUT2D eigenvalue weighted by Gasteiger charge is 2.16. The molecule has 0 bridgehead atoms. The first kappa shape index (κ1) is 14.2. The summed E-state index contributed by atoms with van der Waals surface area (Å²) in [6.45, 7) is 4.48. The summed E-state index contributed by atoms with van der Waals surface area (Å²) in [6, 6.07) is 6.07. The number of hydrogen-bond acceptors (Lipinski definition) is 3. The van der Waals surface area contributed by atoms with Crippen LogP contribution in [0, 0.1) is 5.92 Å². The lowest BCUT2D eigenvalue weighted by Crippen LogP contribution is -2.13. The molecule has 0 unspecified atom stereocenters. The van der Waals surface area contributed by atoms with Crippen LogP contribution in [0.25, 0.3) is 0 Å². The molecule has 1 aromatic carbocycles. The Hall–Kier alpha value is -1.84. The maximum atomic E-state index is 11.8. The third-order valence-electron chi connectivity index (χ3n) is 2.92. The fourth-order valence-corrected chi connectivity index (χ4v) is 1.48. The van der Waals surface area contributed by atoms with Crippen molar-refractivity contribution in [2.45, 2.75) is 26.7 Å². The molecule has 0 amide bonds. The standard InChI is InChI=1S/C14H18O4/c1-3-10(2)8-9-18-14(17)12-7-5-4-6-11(12)13(15)16/h4-7,10H,3,8-9H2,1-2H3,(H,15,16)/t10-/m0/s1. The van der Waals surface area contributed by atoms with Gasteiger partial charge in [0.1, 0.15) is 0 Å². The molecule has 0 aliphatic carbocycles. The number of hydrogen-bond donors (Lipinski definition) is 1. The summed E-state index contributed by atoms with van der Waals surface area (Å²) >= 11 is 0. The van der Waals surface area contributed by atoms with Crippen molar-refractivity contribution in [2.24, 2.45) is 5.92 Å². The van der Waals surface area contributed by atoms with E-state index in [1.807, 2.05) is 0 Å². The first-order chi connectivity index (χ1) is 8.56. The van der Waals surface area contributed by atoms with Crippen molar-refractivity contribution < 1.29 is 19.4 Å². The zero-order valence-electron chi connectivity index (χ0n) is 10.7. The van der Waals surface area contributed by atoms with E-state index in [9.17, 15) is 9.59 Å². The minimum absolute atomic E-state index is 0.0222. The van der Waals surface area contributed by atoms with Crippen molar-refractivity contribution in [3.63, 3.8) is 0 Å². The molecule has 0 spiro atoms. The molecule has 0 aliphatic heterocycles. The Morgan fingerprint density at radius 3 is 2.44 bits per heavy atom. The highest BCUT2D eigenvalue weighted by Crippen LogP contribution is 2.12. The van der Waals surface area contributed by atoms with Gasteiger partial charge in [-0.3, -0.25) is 0 Å². The second kappa shape index (κ2) is 6.79. The summed E-state index contributed by atoms with van der Waals surface area (Å²) in [6.07, 6.45) is 1.82. The Morgan fingerprint density at radius 2 is 1.89 bits per heavy atom. The predicted octanol–water partition coefficient (Wildman–Crippen LogP) is 2.98. The van der Waals surface area contributed by atoms with Crippen molar-refractivity contribution in [3.05, 3.63) is 35.4 Å². The first-order valence-electron chi connectivity index (χ1n) is 6.05. The SMILES string of the molecule is CC[C@H](C)CCOC(=O)c1ccccc1C(=O)O. The summed E-state index contributed by atoms with van der Waals surface area (Å²) in [7, 11) is 0. The molecule has 98 valence electrons. The van der Waals surface area contributed by atoms with Crippen LogP contribution >= 0.6 is 0 Å². The fraction of sp³-hybridized carbons (Fsp3) is 0.429. The van der Waals surface area contributed by atoms with Gasteiger partial charge >= 0.3 is 11.9 Å². The van der Waals surface area contributed by atoms with Crippen LogP contribution < -0.4 is 0 Å². The molecule has 0 heterocycles. The van der Waals surface area contributed by atoms with Gasteiger partial charge in [0.2, 0.25) is 0 Å². The topological polar surface area (TPSA) is 63.6 Å². The molecule has 1 rings (SSSR count). The van der Waals surface area contributed by atoms with Gasteiger partial charge in [-0.1, -0.05) is 32.4 Å². The molecule has 0 saturated carbocycles. The first-order valence-corrected chi connectivity index (χ1v) is 6.05. The van der Waals surface area contributed by atoms with Crippen molar-refractivity contribution in [2.75, 3.05) is 6.61 Å². The Labute approximate surface area is 107 Å². The van der Waals surface area contributed by atoms with E-state index in [2.05, 4.69) is 13.8 Å². The molecular formula is C14H18O4. The number of benzene rings is 1. The van der Waals surface area contributed by atoms with E-state index in [0.29, 0.717) is 12.5 Å². The van der Waals surface area contributed by atoms with Crippen LogP contribution in [0.2, 0.25) is 0 Å². The molecule has 0 radical (unpaired) electrons. The second-order valence-corrected chi connectivity index (χ2v) is 4.29. The third-order valence-corrected chi connectivity index (χ3v) is 2.92. The average Bonchev–Trinajstić information content (AvgIpc) is 2.38. The van der Waals surface area contributed by atoms with Gasteiger partial charge in [-0.25, -0.2) is 9.59 Å². The number of carboxylic acid groups (broad SMARTS) is 1. The van der Waals surface area contributed by atoms with Crippen molar-refractivity contribution >= 4 is 11.9 Å². The van der Waals surface area contributed by atoms with Gasteiger partial charge < -0.3 is 9.84 Å². The second-order valence-electron chi connectivity index (χ2n) is 4.29. The Balaban J connectivity index is 2.64. The molecule has 0 aromatic heterocycles. The van der Waals surface area contributed by atoms with E-state index in [1.54, 1.807) is 12.1 Å². The Morgan fingerprint density at radius 1 is 1.28 bits per heavy atom. The third kappa shape index (κ3) is 3.87. The van der Waals surface area contributed by atoms with Crippen LogP contribution in [-0.4, -0.2) is 23.7 Å². The van der Waals surface area contributed by atoms with Crippen LogP contribution in [0.5, 0.6) is 0 Å². The van der Waals surface area contributed by atoms with Crippen LogP contribution in [0.3, 0.4) is 0 Å². The molecule has 0 fully saturated rings. The predicted molar refractivity (Wildman–Crippen MR) is 67.8 cm³/mol. The molecular weight excluding hydrogens is 232 g/mol. The largest absolute Gasteiger partial charge is 0.478 e. The maximum Gasteiger partial charge on any atom is 0.339 e. The van der Waals surface area contributed by atoms with Gasteiger partial charge in [0.25, 0.3) is 0 Å². The smallest absolute Gasteiger partial charge is 0.339 e. The highest BCUT2D eigenvalue weighted by atomic mass is 16.5. The van der Waals surface area contributed by atoms with Crippen LogP contribution in [0.15, 0.2) is 24.3 Å². The van der Waals surface area contributed by atoms with E-state index in [4.69, 9.17) is 9.84 Å². The van der Waals surface area contributed by atoms with Gasteiger partial charge in [0.05, 0.1) is 17.7 Å². The quantitative estimate of drug-likeness (QED) is 0.788. The Kier molecular flexibility index (Phi) is 5.36. The normalized spacial score (nSPS) is 11.9. The van der Waals surface area contributed by atoms with E-state index in [1.165, 1.54) is 12.1 Å². The maximum absolute atomic E-state index is 11.8. The summed E-state index contributed by atoms with van der Waals surface area (Å²) in [5, 5.41) is 8.96. The molecule has 4 nitrogen and oxygen atoms in total. The van der Waals surface area contributed by atoms with Gasteiger partial charge in [-0.05, 0) is 24.5 Å². The molecule has 0 saturated heterocycles. The summed E-state index contributed by atoms with van der Waals surface area (Å²) in [5.41, 5.74) is 0.0835. The zero-order chi connectivity index (χ0) is 13.5. The van der Waals surface area contributed by atoms with E-state index < -0.39 is 11.9 Å². The van der Waals surface area contributed by atoms with Crippen molar-refractivity contribution in [1.29, 1.82) is 0 Å². The molecule has 1 atom stereocenters. The minimum Gasteiger partial charge on any atom is -0.478 e. The fourth-order valence-electron chi connectivity index (χ4n) is 1.48. The molecule has 0 aliphatic rings. The number of ether oxygens (including phenoxy) is 1. The number of carbonyl (C=O) groups excluding carboxylic acids is 1. The van der Waals surface area contributed by atoms with Gasteiger partial charge in [-0.15, -0.1) is 0 Å². The lowest BCUT2D eigenvalue weighted by Gasteiger charge is -2.10. The van der Waals surface area contributed by atoms with Gasteiger partial charge in [-0.2, -0.15) is 0 Å². The highest BCUT2D eigenvalue weighted by molar-refractivity contribution is 6.02. The van der Waals surface area contributed by atoms with Crippen molar-refractivity contribution in [1.82, 2.24) is 0 Å². The van der Waals surface area contributed by atoms with Crippen LogP contribution in [0.4, 0.5) is 0 Å². The summed E-state index contributed by atoms with van der Waals surface area (Å²) in [4.78, 5) is 22.7. The average molecular weight is 250 g/mol. The molecule has 18 heavy (non-hydrogen) atoms. The number of carboxylic acids is 1. The molecule has 1 N–H and O–H groups in total. The lowest BCUT2D eigenvalue weighted by atomic mass is 10.1. The summed E-state index contributed by atoms with van der Waals surface area (Å²) in [5.74, 6) is -1.20. The monoisotopic (exact) mass is 250 g/mol. The van der Waals surface area contributed by atoms with E-state index >= 15 is 0 Å². The van der Waals surface area contributed by atoms with Crippen LogP contribution in [0.1, 0.15) is 47.4 Å². The van der Waals surface area contributed by atoms with E-state index in [-0.39, 0.29) is 11.1 Å². The number of carbonyl (C=O) groups is 2. The summed E-state index contributed by atoms with van der Waals surface area (Å²) < 4.78 is 5.09. The Bertz CT molecular complexity index is 426. The number of rotatable bonds is 6. The van der Waals surface area contributed by atoms with E-state index in [0.717, 1.165) is 12.8 Å². The van der Waals surface area contributed by atoms with Gasteiger partial charge in [0.15, 0.2) is 0 Å².